The zero-order chi connectivity index (χ0) is 16.2. The summed E-state index contributed by atoms with van der Waals surface area (Å²) in [5.74, 6) is 0.106. The number of alkyl halides is 3. The average Bonchev–Trinajstić information content (AvgIpc) is 2.47. The number of benzene rings is 1. The molecule has 1 aliphatic rings. The summed E-state index contributed by atoms with van der Waals surface area (Å²) in [4.78, 5) is 2.09. The van der Waals surface area contributed by atoms with Gasteiger partial charge >= 0.3 is 6.18 Å². The zero-order valence-corrected chi connectivity index (χ0v) is 14.7. The van der Waals surface area contributed by atoms with Crippen molar-refractivity contribution >= 4 is 24.8 Å². The fourth-order valence-corrected chi connectivity index (χ4v) is 2.44. The molecule has 1 aromatic rings. The van der Waals surface area contributed by atoms with Crippen molar-refractivity contribution in [2.24, 2.45) is 5.73 Å². The molecule has 3 N–H and O–H groups in total. The first-order valence-electron chi connectivity index (χ1n) is 7.30. The predicted octanol–water partition coefficient (Wildman–Crippen LogP) is 2.71. The van der Waals surface area contributed by atoms with Crippen LogP contribution in [0.4, 0.5) is 13.2 Å². The van der Waals surface area contributed by atoms with Crippen LogP contribution in [0.3, 0.4) is 0 Å². The van der Waals surface area contributed by atoms with Crippen molar-refractivity contribution in [3.63, 3.8) is 0 Å². The molecular formula is C15H23Cl2F3N2O2. The fraction of sp³-hybridized carbons (Fsp3) is 0.600. The summed E-state index contributed by atoms with van der Waals surface area (Å²) < 4.78 is 43.0. The lowest BCUT2D eigenvalue weighted by Gasteiger charge is -2.31. The monoisotopic (exact) mass is 390 g/mol. The van der Waals surface area contributed by atoms with E-state index in [4.69, 9.17) is 10.5 Å². The fourth-order valence-electron chi connectivity index (χ4n) is 2.44. The largest absolute Gasteiger partial charge is 0.491 e. The van der Waals surface area contributed by atoms with Crippen LogP contribution in [0, 0.1) is 0 Å². The van der Waals surface area contributed by atoms with Gasteiger partial charge < -0.3 is 20.5 Å². The highest BCUT2D eigenvalue weighted by molar-refractivity contribution is 5.85. The first-order valence-corrected chi connectivity index (χ1v) is 7.30. The van der Waals surface area contributed by atoms with E-state index in [0.717, 1.165) is 38.1 Å². The maximum absolute atomic E-state index is 12.6. The van der Waals surface area contributed by atoms with Crippen LogP contribution in [0.2, 0.25) is 0 Å². The van der Waals surface area contributed by atoms with Gasteiger partial charge in [0.05, 0.1) is 5.56 Å². The molecule has 0 aromatic heterocycles. The van der Waals surface area contributed by atoms with Crippen LogP contribution in [0.5, 0.6) is 5.75 Å². The molecule has 2 rings (SSSR count). The summed E-state index contributed by atoms with van der Waals surface area (Å²) >= 11 is 0. The number of likely N-dealkylation sites (tertiary alicyclic amines) is 1. The summed E-state index contributed by atoms with van der Waals surface area (Å²) in [6.07, 6.45) is -3.36. The second kappa shape index (κ2) is 10.3. The maximum atomic E-state index is 12.6. The summed E-state index contributed by atoms with van der Waals surface area (Å²) in [7, 11) is 0. The van der Waals surface area contributed by atoms with Crippen LogP contribution in [0.25, 0.3) is 0 Å². The van der Waals surface area contributed by atoms with E-state index in [0.29, 0.717) is 6.54 Å². The smallest absolute Gasteiger partial charge is 0.416 e. The zero-order valence-electron chi connectivity index (χ0n) is 13.0. The highest BCUT2D eigenvalue weighted by Gasteiger charge is 2.30. The molecule has 24 heavy (non-hydrogen) atoms. The van der Waals surface area contributed by atoms with Gasteiger partial charge in [0, 0.05) is 12.6 Å². The highest BCUT2D eigenvalue weighted by atomic mass is 35.5. The van der Waals surface area contributed by atoms with Crippen molar-refractivity contribution in [3.05, 3.63) is 29.8 Å². The number of β-amino-alcohol motifs (C(OH)–C–C–N with tert-alkyl or cyclic N) is 1. The Morgan fingerprint density at radius 3 is 2.46 bits per heavy atom. The average molecular weight is 391 g/mol. The summed E-state index contributed by atoms with van der Waals surface area (Å²) in [5.41, 5.74) is 5.05. The van der Waals surface area contributed by atoms with Crippen molar-refractivity contribution in [1.82, 2.24) is 4.90 Å². The number of aliphatic hydroxyl groups is 1. The molecule has 1 heterocycles. The number of hydrogen-bond acceptors (Lipinski definition) is 4. The first-order chi connectivity index (χ1) is 10.3. The van der Waals surface area contributed by atoms with Crippen molar-refractivity contribution in [2.75, 3.05) is 26.2 Å². The number of aliphatic hydroxyl groups excluding tert-OH is 1. The Morgan fingerprint density at radius 2 is 1.88 bits per heavy atom. The highest BCUT2D eigenvalue weighted by Crippen LogP contribution is 2.31. The van der Waals surface area contributed by atoms with E-state index in [2.05, 4.69) is 4.90 Å². The molecule has 1 aromatic carbocycles. The molecule has 9 heteroatoms. The molecule has 1 saturated heterocycles. The van der Waals surface area contributed by atoms with Crippen molar-refractivity contribution in [1.29, 1.82) is 0 Å². The SMILES string of the molecule is Cl.Cl.NC1CCN(CC(O)COc2cccc(C(F)(F)F)c2)CC1. The molecule has 1 atom stereocenters. The molecule has 0 saturated carbocycles. The van der Waals surface area contributed by atoms with Gasteiger partial charge in [-0.05, 0) is 44.1 Å². The van der Waals surface area contributed by atoms with E-state index in [1.54, 1.807) is 0 Å². The van der Waals surface area contributed by atoms with Crippen LogP contribution in [0.1, 0.15) is 18.4 Å². The van der Waals surface area contributed by atoms with Crippen LogP contribution < -0.4 is 10.5 Å². The lowest BCUT2D eigenvalue weighted by atomic mass is 10.1. The number of nitrogens with two attached hydrogens (primary N) is 1. The van der Waals surface area contributed by atoms with Gasteiger partial charge in [-0.15, -0.1) is 24.8 Å². The number of ether oxygens (including phenoxy) is 1. The molecule has 0 spiro atoms. The van der Waals surface area contributed by atoms with Gasteiger partial charge in [0.1, 0.15) is 18.5 Å². The Labute approximate surface area is 152 Å². The lowest BCUT2D eigenvalue weighted by molar-refractivity contribution is -0.137. The second-order valence-corrected chi connectivity index (χ2v) is 5.63. The van der Waals surface area contributed by atoms with E-state index in [1.807, 2.05) is 0 Å². The third-order valence-corrected chi connectivity index (χ3v) is 3.70. The summed E-state index contributed by atoms with van der Waals surface area (Å²) in [6, 6.07) is 4.88. The van der Waals surface area contributed by atoms with E-state index >= 15 is 0 Å². The molecule has 0 bridgehead atoms. The Hall–Kier alpha value is -0.730. The lowest BCUT2D eigenvalue weighted by Crippen LogP contribution is -2.44. The minimum absolute atomic E-state index is 0. The normalized spacial score (nSPS) is 17.5. The minimum Gasteiger partial charge on any atom is -0.491 e. The molecule has 1 aliphatic heterocycles. The van der Waals surface area contributed by atoms with Gasteiger partial charge in [-0.1, -0.05) is 6.07 Å². The Bertz CT molecular complexity index is 484. The van der Waals surface area contributed by atoms with Gasteiger partial charge in [-0.25, -0.2) is 0 Å². The van der Waals surface area contributed by atoms with E-state index in [-0.39, 0.29) is 43.2 Å². The van der Waals surface area contributed by atoms with Gasteiger partial charge in [-0.2, -0.15) is 13.2 Å². The number of hydrogen-bond donors (Lipinski definition) is 2. The molecule has 1 fully saturated rings. The van der Waals surface area contributed by atoms with Gasteiger partial charge in [0.2, 0.25) is 0 Å². The second-order valence-electron chi connectivity index (χ2n) is 5.63. The van der Waals surface area contributed by atoms with Gasteiger partial charge in [0.15, 0.2) is 0 Å². The van der Waals surface area contributed by atoms with Gasteiger partial charge in [0.25, 0.3) is 0 Å². The number of rotatable bonds is 5. The molecule has 0 aliphatic carbocycles. The quantitative estimate of drug-likeness (QED) is 0.811. The Balaban J connectivity index is 0.00000264. The first kappa shape index (κ1) is 23.3. The number of halogens is 5. The van der Waals surface area contributed by atoms with Crippen molar-refractivity contribution in [3.8, 4) is 5.75 Å². The minimum atomic E-state index is -4.40. The number of nitrogens with zero attached hydrogens (tertiary/aromatic N) is 1. The number of piperidine rings is 1. The van der Waals surface area contributed by atoms with Crippen LogP contribution >= 0.6 is 24.8 Å². The summed E-state index contributed by atoms with van der Waals surface area (Å²) in [6.45, 7) is 2.04. The van der Waals surface area contributed by atoms with E-state index in [9.17, 15) is 18.3 Å². The maximum Gasteiger partial charge on any atom is 0.416 e. The molecular weight excluding hydrogens is 368 g/mol. The molecule has 0 radical (unpaired) electrons. The van der Waals surface area contributed by atoms with Crippen LogP contribution in [-0.4, -0.2) is 48.4 Å². The van der Waals surface area contributed by atoms with Crippen molar-refractivity contribution in [2.45, 2.75) is 31.2 Å². The standard InChI is InChI=1S/C15H21F3N2O2.2ClH/c16-15(17,18)11-2-1-3-14(8-11)22-10-13(21)9-20-6-4-12(19)5-7-20;;/h1-3,8,12-13,21H,4-7,9-10,19H2;2*1H. The third-order valence-electron chi connectivity index (χ3n) is 3.70. The van der Waals surface area contributed by atoms with Crippen molar-refractivity contribution < 1.29 is 23.0 Å². The predicted molar refractivity (Wildman–Crippen MR) is 91.1 cm³/mol. The van der Waals surface area contributed by atoms with E-state index in [1.165, 1.54) is 12.1 Å². The molecule has 1 unspecified atom stereocenters. The summed E-state index contributed by atoms with van der Waals surface area (Å²) in [5, 5.41) is 9.94. The van der Waals surface area contributed by atoms with Gasteiger partial charge in [-0.3, -0.25) is 0 Å². The van der Waals surface area contributed by atoms with Crippen LogP contribution in [0.15, 0.2) is 24.3 Å². The Morgan fingerprint density at radius 1 is 1.25 bits per heavy atom. The molecule has 4 nitrogen and oxygen atoms in total. The molecule has 0 amide bonds. The topological polar surface area (TPSA) is 58.7 Å². The Kier molecular flexibility index (Phi) is 9.99. The molecule has 140 valence electrons. The van der Waals surface area contributed by atoms with E-state index < -0.39 is 17.8 Å². The third kappa shape index (κ3) is 7.44. The van der Waals surface area contributed by atoms with Crippen LogP contribution in [-0.2, 0) is 6.18 Å².